The Morgan fingerprint density at radius 2 is 2.04 bits per heavy atom. The van der Waals surface area contributed by atoms with Crippen molar-refractivity contribution in [2.24, 2.45) is 0 Å². The van der Waals surface area contributed by atoms with Gasteiger partial charge in [0.2, 0.25) is 0 Å². The zero-order valence-electron chi connectivity index (χ0n) is 17.6. The van der Waals surface area contributed by atoms with Crippen molar-refractivity contribution in [1.82, 2.24) is 9.80 Å². The summed E-state index contributed by atoms with van der Waals surface area (Å²) in [5, 5.41) is 9.69. The number of methoxy groups -OCH3 is 3. The highest BCUT2D eigenvalue weighted by atomic mass is 16.5. The molecule has 3 unspecified atom stereocenters. The molecule has 0 saturated carbocycles. The highest BCUT2D eigenvalue weighted by molar-refractivity contribution is 5.88. The number of carboxylic acid groups (broad SMARTS) is 1. The summed E-state index contributed by atoms with van der Waals surface area (Å²) in [7, 11) is 4.79. The van der Waals surface area contributed by atoms with Crippen LogP contribution in [-0.4, -0.2) is 86.1 Å². The summed E-state index contributed by atoms with van der Waals surface area (Å²) < 4.78 is 17.4. The molecule has 0 aromatic heterocycles. The van der Waals surface area contributed by atoms with Gasteiger partial charge in [-0.1, -0.05) is 13.3 Å². The molecule has 3 atom stereocenters. The van der Waals surface area contributed by atoms with E-state index in [-0.39, 0.29) is 18.0 Å². The number of hydrogen-bond acceptors (Lipinski definition) is 6. The number of piperazine rings is 1. The summed E-state index contributed by atoms with van der Waals surface area (Å²) in [5.74, 6) is 0.0706. The third-order valence-electron chi connectivity index (χ3n) is 6.66. The summed E-state index contributed by atoms with van der Waals surface area (Å²) in [6, 6.07) is 0.574. The molecular formula is C21H34N2O5. The van der Waals surface area contributed by atoms with Crippen LogP contribution in [0.4, 0.5) is 0 Å². The van der Waals surface area contributed by atoms with E-state index in [9.17, 15) is 9.90 Å². The zero-order valence-corrected chi connectivity index (χ0v) is 17.6. The van der Waals surface area contributed by atoms with Gasteiger partial charge in [-0.05, 0) is 31.9 Å². The number of carbonyl (C=O) groups is 1. The van der Waals surface area contributed by atoms with Crippen LogP contribution in [0.2, 0.25) is 0 Å². The van der Waals surface area contributed by atoms with E-state index in [4.69, 9.17) is 14.2 Å². The summed E-state index contributed by atoms with van der Waals surface area (Å²) in [6.45, 7) is 6.30. The quantitative estimate of drug-likeness (QED) is 0.710. The number of aliphatic carboxylic acids is 1. The fourth-order valence-corrected chi connectivity index (χ4v) is 5.32. The van der Waals surface area contributed by atoms with Gasteiger partial charge in [0.05, 0.1) is 14.2 Å². The second-order valence-electron chi connectivity index (χ2n) is 7.95. The molecule has 7 nitrogen and oxygen atoms in total. The highest BCUT2D eigenvalue weighted by Gasteiger charge is 2.51. The average Bonchev–Trinajstić information content (AvgIpc) is 2.73. The number of hydrogen-bond donors (Lipinski definition) is 1. The largest absolute Gasteiger partial charge is 0.494 e. The van der Waals surface area contributed by atoms with E-state index in [1.165, 1.54) is 32.9 Å². The molecule has 0 spiro atoms. The van der Waals surface area contributed by atoms with Crippen molar-refractivity contribution in [3.05, 3.63) is 23.2 Å². The van der Waals surface area contributed by atoms with E-state index in [1.54, 1.807) is 20.3 Å². The third kappa shape index (κ3) is 3.67. The normalized spacial score (nSPS) is 30.4. The van der Waals surface area contributed by atoms with E-state index >= 15 is 0 Å². The van der Waals surface area contributed by atoms with Crippen molar-refractivity contribution < 1.29 is 24.1 Å². The van der Waals surface area contributed by atoms with Crippen molar-refractivity contribution >= 4 is 5.97 Å². The van der Waals surface area contributed by atoms with Gasteiger partial charge in [-0.25, -0.2) is 4.79 Å². The maximum Gasteiger partial charge on any atom is 0.331 e. The van der Waals surface area contributed by atoms with Gasteiger partial charge in [-0.2, -0.15) is 0 Å². The molecular weight excluding hydrogens is 360 g/mol. The minimum Gasteiger partial charge on any atom is -0.494 e. The van der Waals surface area contributed by atoms with Crippen molar-refractivity contribution in [1.29, 1.82) is 0 Å². The summed E-state index contributed by atoms with van der Waals surface area (Å²) >= 11 is 0. The summed E-state index contributed by atoms with van der Waals surface area (Å²) in [4.78, 5) is 16.9. The molecule has 0 amide bonds. The van der Waals surface area contributed by atoms with Crippen LogP contribution in [0.15, 0.2) is 23.2 Å². The fraction of sp³-hybridized carbons (Fsp3) is 0.762. The van der Waals surface area contributed by atoms with E-state index in [0.717, 1.165) is 26.1 Å². The van der Waals surface area contributed by atoms with Crippen LogP contribution >= 0.6 is 0 Å². The van der Waals surface area contributed by atoms with Gasteiger partial charge < -0.3 is 19.3 Å². The van der Waals surface area contributed by atoms with E-state index in [0.29, 0.717) is 17.6 Å². The molecule has 0 aromatic carbocycles. The smallest absolute Gasteiger partial charge is 0.331 e. The van der Waals surface area contributed by atoms with Gasteiger partial charge >= 0.3 is 5.97 Å². The Kier molecular flexibility index (Phi) is 6.68. The molecule has 3 aliphatic rings. The van der Waals surface area contributed by atoms with Gasteiger partial charge in [-0.3, -0.25) is 9.80 Å². The number of piperidine rings is 1. The van der Waals surface area contributed by atoms with Crippen molar-refractivity contribution in [2.75, 3.05) is 47.5 Å². The van der Waals surface area contributed by atoms with Crippen LogP contribution in [0.25, 0.3) is 0 Å². The molecule has 1 N–H and O–H groups in total. The molecule has 1 aliphatic carbocycles. The predicted octanol–water partition coefficient (Wildman–Crippen LogP) is 2.24. The maximum absolute atomic E-state index is 11.8. The Morgan fingerprint density at radius 3 is 2.64 bits per heavy atom. The molecule has 2 heterocycles. The van der Waals surface area contributed by atoms with Crippen LogP contribution < -0.4 is 0 Å². The summed E-state index contributed by atoms with van der Waals surface area (Å²) in [5.41, 5.74) is -0.594. The molecule has 0 bridgehead atoms. The molecule has 3 rings (SSSR count). The fourth-order valence-electron chi connectivity index (χ4n) is 5.32. The molecule has 0 aromatic rings. The minimum absolute atomic E-state index is 0.00438. The first-order valence-corrected chi connectivity index (χ1v) is 10.3. The van der Waals surface area contributed by atoms with Crippen molar-refractivity contribution in [3.63, 3.8) is 0 Å². The van der Waals surface area contributed by atoms with Gasteiger partial charge in [0.25, 0.3) is 0 Å². The lowest BCUT2D eigenvalue weighted by molar-refractivity contribution is -0.136. The van der Waals surface area contributed by atoms with Gasteiger partial charge in [-0.15, -0.1) is 0 Å². The Hall–Kier alpha value is -1.57. The third-order valence-corrected chi connectivity index (χ3v) is 6.66. The molecule has 2 fully saturated rings. The molecule has 158 valence electrons. The Bertz CT molecular complexity index is 647. The van der Waals surface area contributed by atoms with Gasteiger partial charge in [0, 0.05) is 50.8 Å². The lowest BCUT2D eigenvalue weighted by Gasteiger charge is -2.52. The SMILES string of the molecule is CCC(N1CCN2CCCCC2C1)C1(OC)CC(C(=O)O)=CC(OC)=C1OC. The maximum atomic E-state index is 11.8. The van der Waals surface area contributed by atoms with Crippen LogP contribution in [-0.2, 0) is 19.0 Å². The lowest BCUT2D eigenvalue weighted by Crippen LogP contribution is -2.63. The number of rotatable bonds is 7. The number of carboxylic acids is 1. The second kappa shape index (κ2) is 8.84. The molecule has 2 aliphatic heterocycles. The number of fused-ring (bicyclic) bond motifs is 1. The molecule has 0 radical (unpaired) electrons. The topological polar surface area (TPSA) is 71.5 Å². The number of allylic oxidation sites excluding steroid dienone is 1. The Labute approximate surface area is 167 Å². The van der Waals surface area contributed by atoms with E-state index < -0.39 is 11.6 Å². The molecule has 2 saturated heterocycles. The first-order chi connectivity index (χ1) is 13.5. The van der Waals surface area contributed by atoms with E-state index in [2.05, 4.69) is 16.7 Å². The van der Waals surface area contributed by atoms with Crippen molar-refractivity contribution in [3.8, 4) is 0 Å². The molecule has 28 heavy (non-hydrogen) atoms. The minimum atomic E-state index is -0.946. The highest BCUT2D eigenvalue weighted by Crippen LogP contribution is 2.43. The molecule has 7 heteroatoms. The zero-order chi connectivity index (χ0) is 20.3. The monoisotopic (exact) mass is 394 g/mol. The van der Waals surface area contributed by atoms with Crippen LogP contribution in [0.3, 0.4) is 0 Å². The lowest BCUT2D eigenvalue weighted by atomic mass is 9.78. The first-order valence-electron chi connectivity index (χ1n) is 10.3. The van der Waals surface area contributed by atoms with Crippen molar-refractivity contribution in [2.45, 2.75) is 56.7 Å². The Balaban J connectivity index is 1.96. The average molecular weight is 395 g/mol. The summed E-state index contributed by atoms with van der Waals surface area (Å²) in [6.07, 6.45) is 6.45. The van der Waals surface area contributed by atoms with Crippen LogP contribution in [0.1, 0.15) is 39.0 Å². The Morgan fingerprint density at radius 1 is 1.25 bits per heavy atom. The van der Waals surface area contributed by atoms with Crippen LogP contribution in [0, 0.1) is 0 Å². The number of nitrogens with zero attached hydrogens (tertiary/aromatic N) is 2. The first kappa shape index (κ1) is 21.1. The number of ether oxygens (including phenoxy) is 3. The van der Waals surface area contributed by atoms with Gasteiger partial charge in [0.1, 0.15) is 5.60 Å². The standard InChI is InChI=1S/C21H34N2O5/c1-5-18(23-11-10-22-9-7-6-8-16(22)14-23)21(28-4)13-15(20(24)25)12-17(26-2)19(21)27-3/h12,16,18H,5-11,13-14H2,1-4H3,(H,24,25). The van der Waals surface area contributed by atoms with Gasteiger partial charge in [0.15, 0.2) is 11.5 Å². The van der Waals surface area contributed by atoms with Crippen LogP contribution in [0.5, 0.6) is 0 Å². The second-order valence-corrected chi connectivity index (χ2v) is 7.95. The van der Waals surface area contributed by atoms with E-state index in [1.807, 2.05) is 0 Å². The predicted molar refractivity (Wildman–Crippen MR) is 106 cm³/mol.